The van der Waals surface area contributed by atoms with E-state index in [1.165, 1.54) is 0 Å². The molecule has 0 aliphatic heterocycles. The highest BCUT2D eigenvalue weighted by atomic mass is 35.6. The first-order valence-electron chi connectivity index (χ1n) is 1.99. The number of hydrogen-bond acceptors (Lipinski definition) is 2. The van der Waals surface area contributed by atoms with Crippen molar-refractivity contribution in [3.63, 3.8) is 0 Å². The average Bonchev–Trinajstić information content (AvgIpc) is 1.57. The number of hydrogen-bond donors (Lipinski definition) is 2. The maximum Gasteiger partial charge on any atom is 0.333 e. The van der Waals surface area contributed by atoms with E-state index in [-0.39, 0.29) is 0 Å². The monoisotopic (exact) mass is 227 g/mol. The quantitative estimate of drug-likeness (QED) is 0.541. The van der Waals surface area contributed by atoms with Crippen LogP contribution in [-0.2, 0) is 10.3 Å². The highest BCUT2D eigenvalue weighted by Gasteiger charge is 2.21. The molecule has 0 saturated heterocycles. The minimum atomic E-state index is -4.26. The van der Waals surface area contributed by atoms with Gasteiger partial charge in [-0.1, -0.05) is 34.8 Å². The van der Waals surface area contributed by atoms with E-state index in [4.69, 9.17) is 39.4 Å². The highest BCUT2D eigenvalue weighted by molar-refractivity contribution is 7.83. The van der Waals surface area contributed by atoms with Crippen LogP contribution < -0.4 is 4.72 Å². The van der Waals surface area contributed by atoms with E-state index in [0.717, 1.165) is 0 Å². The predicted octanol–water partition coefficient (Wildman–Crippen LogP) is 0.749. The van der Waals surface area contributed by atoms with Gasteiger partial charge in [0.1, 0.15) is 0 Å². The molecule has 0 aliphatic carbocycles. The van der Waals surface area contributed by atoms with Crippen molar-refractivity contribution in [1.82, 2.24) is 4.72 Å². The van der Waals surface area contributed by atoms with Gasteiger partial charge in [-0.15, -0.1) is 0 Å². The molecule has 0 spiro atoms. The van der Waals surface area contributed by atoms with Crippen LogP contribution in [0.15, 0.2) is 0 Å². The summed E-state index contributed by atoms with van der Waals surface area (Å²) in [6, 6.07) is 0. The zero-order valence-corrected chi connectivity index (χ0v) is 7.60. The molecule has 0 aliphatic rings. The summed E-state index contributed by atoms with van der Waals surface area (Å²) in [4.78, 5) is 0. The third kappa shape index (κ3) is 8.74. The Morgan fingerprint density at radius 3 is 1.90 bits per heavy atom. The molecule has 0 aromatic heterocycles. The number of alkyl halides is 3. The molecule has 0 amide bonds. The van der Waals surface area contributed by atoms with Crippen molar-refractivity contribution < 1.29 is 13.0 Å². The van der Waals surface area contributed by atoms with Crippen LogP contribution in [0.4, 0.5) is 0 Å². The van der Waals surface area contributed by atoms with Crippen molar-refractivity contribution in [2.75, 3.05) is 6.54 Å². The van der Waals surface area contributed by atoms with Crippen LogP contribution in [-0.4, -0.2) is 23.3 Å². The molecule has 0 rings (SSSR count). The van der Waals surface area contributed by atoms with Crippen LogP contribution in [0.25, 0.3) is 0 Å². The molecule has 4 nitrogen and oxygen atoms in total. The minimum Gasteiger partial charge on any atom is -0.273 e. The van der Waals surface area contributed by atoms with Crippen molar-refractivity contribution in [1.29, 1.82) is 0 Å². The van der Waals surface area contributed by atoms with E-state index in [2.05, 4.69) is 0 Å². The Bertz CT molecular complexity index is 194. The second-order valence-electron chi connectivity index (χ2n) is 1.41. The number of halogens is 3. The number of nitrogens with one attached hydrogen (secondary N) is 1. The van der Waals surface area contributed by atoms with Crippen LogP contribution in [0, 0.1) is 0 Å². The Morgan fingerprint density at radius 1 is 1.40 bits per heavy atom. The molecular weight excluding hydrogens is 224 g/mol. The molecule has 2 N–H and O–H groups in total. The second kappa shape index (κ2) is 3.42. The predicted molar refractivity (Wildman–Crippen MR) is 39.8 cm³/mol. The number of rotatable bonds is 2. The van der Waals surface area contributed by atoms with Crippen molar-refractivity contribution in [2.24, 2.45) is 0 Å². The lowest BCUT2D eigenvalue weighted by atomic mass is 10.8. The first-order chi connectivity index (χ1) is 4.21. The molecular formula is C2H4Cl3NO3S. The molecule has 0 bridgehead atoms. The van der Waals surface area contributed by atoms with Crippen LogP contribution in [0.2, 0.25) is 0 Å². The van der Waals surface area contributed by atoms with Gasteiger partial charge in [-0.3, -0.25) is 4.55 Å². The molecule has 62 valence electrons. The average molecular weight is 228 g/mol. The van der Waals surface area contributed by atoms with E-state index in [1.807, 2.05) is 0 Å². The third-order valence-corrected chi connectivity index (χ3v) is 1.37. The van der Waals surface area contributed by atoms with E-state index in [9.17, 15) is 8.42 Å². The van der Waals surface area contributed by atoms with Gasteiger partial charge in [0, 0.05) is 0 Å². The fraction of sp³-hybridized carbons (Fsp3) is 1.00. The fourth-order valence-corrected chi connectivity index (χ4v) is 1.01. The Morgan fingerprint density at radius 2 is 1.80 bits per heavy atom. The van der Waals surface area contributed by atoms with Gasteiger partial charge in [-0.05, 0) is 0 Å². The lowest BCUT2D eigenvalue weighted by molar-refractivity contribution is 0.468. The van der Waals surface area contributed by atoms with Crippen molar-refractivity contribution in [2.45, 2.75) is 3.79 Å². The van der Waals surface area contributed by atoms with Gasteiger partial charge < -0.3 is 0 Å². The second-order valence-corrected chi connectivity index (χ2v) is 5.17. The molecule has 0 heterocycles. The standard InChI is InChI=1S/C2H4Cl3NO3S/c3-2(4,5)1-6-10(7,8)9/h6H,1H2,(H,7,8,9). The summed E-state index contributed by atoms with van der Waals surface area (Å²) in [5, 5.41) is 0. The third-order valence-electron chi connectivity index (χ3n) is 0.455. The molecule has 0 fully saturated rings. The summed E-state index contributed by atoms with van der Waals surface area (Å²) < 4.78 is 27.8. The maximum atomic E-state index is 9.95. The van der Waals surface area contributed by atoms with Gasteiger partial charge in [-0.25, -0.2) is 0 Å². The summed E-state index contributed by atoms with van der Waals surface area (Å²) in [6.45, 7) is -0.462. The van der Waals surface area contributed by atoms with E-state index < -0.39 is 20.6 Å². The maximum absolute atomic E-state index is 9.95. The van der Waals surface area contributed by atoms with Crippen molar-refractivity contribution >= 4 is 45.1 Å². The Hall–Kier alpha value is 0.740. The summed E-state index contributed by atoms with van der Waals surface area (Å²) in [5.74, 6) is 0. The molecule has 8 heteroatoms. The Kier molecular flexibility index (Phi) is 3.68. The smallest absolute Gasteiger partial charge is 0.273 e. The van der Waals surface area contributed by atoms with Gasteiger partial charge in [0.15, 0.2) is 0 Å². The van der Waals surface area contributed by atoms with Gasteiger partial charge >= 0.3 is 10.3 Å². The highest BCUT2D eigenvalue weighted by Crippen LogP contribution is 2.24. The topological polar surface area (TPSA) is 66.4 Å². The van der Waals surface area contributed by atoms with Gasteiger partial charge in [0.05, 0.1) is 6.54 Å². The van der Waals surface area contributed by atoms with Crippen LogP contribution >= 0.6 is 34.8 Å². The lowest BCUT2D eigenvalue weighted by Crippen LogP contribution is -2.31. The van der Waals surface area contributed by atoms with Crippen molar-refractivity contribution in [3.8, 4) is 0 Å². The zero-order chi connectivity index (χ0) is 8.41. The Balaban J connectivity index is 3.79. The van der Waals surface area contributed by atoms with Crippen LogP contribution in [0.1, 0.15) is 0 Å². The largest absolute Gasteiger partial charge is 0.333 e. The van der Waals surface area contributed by atoms with Crippen LogP contribution in [0.3, 0.4) is 0 Å². The van der Waals surface area contributed by atoms with E-state index in [0.29, 0.717) is 0 Å². The van der Waals surface area contributed by atoms with Gasteiger partial charge in [0.2, 0.25) is 3.79 Å². The molecule has 0 saturated carbocycles. The lowest BCUT2D eigenvalue weighted by Gasteiger charge is -2.08. The van der Waals surface area contributed by atoms with Crippen LogP contribution in [0.5, 0.6) is 0 Å². The molecule has 10 heavy (non-hydrogen) atoms. The fourth-order valence-electron chi connectivity index (χ4n) is 0.173. The SMILES string of the molecule is O=S(=O)(O)NCC(Cl)(Cl)Cl. The first kappa shape index (κ1) is 10.7. The summed E-state index contributed by atoms with van der Waals surface area (Å²) in [6.07, 6.45) is 0. The molecule has 0 aromatic carbocycles. The zero-order valence-electron chi connectivity index (χ0n) is 4.51. The normalized spacial score (nSPS) is 13.6. The van der Waals surface area contributed by atoms with Gasteiger partial charge in [-0.2, -0.15) is 13.1 Å². The van der Waals surface area contributed by atoms with Crippen molar-refractivity contribution in [3.05, 3.63) is 0 Å². The van der Waals surface area contributed by atoms with Gasteiger partial charge in [0.25, 0.3) is 0 Å². The van der Waals surface area contributed by atoms with E-state index in [1.54, 1.807) is 4.72 Å². The summed E-state index contributed by atoms with van der Waals surface area (Å²) in [5.41, 5.74) is 0. The van der Waals surface area contributed by atoms with E-state index >= 15 is 0 Å². The summed E-state index contributed by atoms with van der Waals surface area (Å²) >= 11 is 15.4. The molecule has 0 unspecified atom stereocenters. The minimum absolute atomic E-state index is 0.462. The molecule has 0 radical (unpaired) electrons. The summed E-state index contributed by atoms with van der Waals surface area (Å²) in [7, 11) is -4.26. The molecule has 0 aromatic rings. The molecule has 0 atom stereocenters. The first-order valence-corrected chi connectivity index (χ1v) is 4.57. The Labute approximate surface area is 73.3 Å².